The van der Waals surface area contributed by atoms with Crippen LogP contribution in [0.1, 0.15) is 52.9 Å². The lowest BCUT2D eigenvalue weighted by atomic mass is 9.88. The second kappa shape index (κ2) is 6.04. The highest BCUT2D eigenvalue weighted by molar-refractivity contribution is 9.09. The van der Waals surface area contributed by atoms with Crippen LogP contribution in [0, 0.1) is 5.41 Å². The van der Waals surface area contributed by atoms with Gasteiger partial charge >= 0.3 is 0 Å². The fourth-order valence-corrected chi connectivity index (χ4v) is 2.68. The fourth-order valence-electron chi connectivity index (χ4n) is 2.30. The van der Waals surface area contributed by atoms with E-state index in [1.807, 2.05) is 0 Å². The molecular formula is C13H24BrNO. The van der Waals surface area contributed by atoms with Gasteiger partial charge in [-0.25, -0.2) is 0 Å². The highest BCUT2D eigenvalue weighted by Gasteiger charge is 2.34. The van der Waals surface area contributed by atoms with Crippen LogP contribution in [0.15, 0.2) is 0 Å². The number of hydrogen-bond donors (Lipinski definition) is 0. The van der Waals surface area contributed by atoms with Crippen LogP contribution in [0.4, 0.5) is 0 Å². The lowest BCUT2D eigenvalue weighted by molar-refractivity contribution is -0.142. The topological polar surface area (TPSA) is 20.3 Å². The molecule has 0 aliphatic heterocycles. The molecule has 1 amide bonds. The molecular weight excluding hydrogens is 266 g/mol. The van der Waals surface area contributed by atoms with Crippen LogP contribution in [0.3, 0.4) is 0 Å². The van der Waals surface area contributed by atoms with Crippen LogP contribution < -0.4 is 0 Å². The molecule has 3 heteroatoms. The van der Waals surface area contributed by atoms with Gasteiger partial charge in [-0.05, 0) is 19.3 Å². The maximum atomic E-state index is 12.5. The predicted molar refractivity (Wildman–Crippen MR) is 71.8 cm³/mol. The van der Waals surface area contributed by atoms with Crippen molar-refractivity contribution >= 4 is 21.8 Å². The van der Waals surface area contributed by atoms with Crippen LogP contribution in [0.5, 0.6) is 0 Å². The predicted octanol–water partition coefficient (Wildman–Crippen LogP) is 3.59. The summed E-state index contributed by atoms with van der Waals surface area (Å²) in [6.45, 7) is 7.07. The number of amides is 1. The van der Waals surface area contributed by atoms with Crippen LogP contribution >= 0.6 is 15.9 Å². The van der Waals surface area contributed by atoms with Crippen LogP contribution in [-0.2, 0) is 4.79 Å². The van der Waals surface area contributed by atoms with Gasteiger partial charge < -0.3 is 4.90 Å². The number of alkyl halides is 1. The summed E-state index contributed by atoms with van der Waals surface area (Å²) in [5.41, 5.74) is -0.204. The molecule has 0 heterocycles. The molecule has 0 atom stereocenters. The molecule has 1 rings (SSSR count). The second-order valence-electron chi connectivity index (χ2n) is 5.36. The first kappa shape index (κ1) is 14.0. The van der Waals surface area contributed by atoms with Gasteiger partial charge in [0.15, 0.2) is 0 Å². The van der Waals surface area contributed by atoms with Crippen molar-refractivity contribution in [3.8, 4) is 0 Å². The summed E-state index contributed by atoms with van der Waals surface area (Å²) in [4.78, 5) is 14.6. The summed E-state index contributed by atoms with van der Waals surface area (Å²) < 4.78 is 0. The average molecular weight is 290 g/mol. The van der Waals surface area contributed by atoms with Gasteiger partial charge in [-0.1, -0.05) is 49.5 Å². The van der Waals surface area contributed by atoms with E-state index in [1.54, 1.807) is 0 Å². The Bertz CT molecular complexity index is 234. The average Bonchev–Trinajstić information content (AvgIpc) is 2.78. The van der Waals surface area contributed by atoms with Crippen LogP contribution in [0.2, 0.25) is 0 Å². The van der Waals surface area contributed by atoms with E-state index in [0.29, 0.717) is 11.9 Å². The van der Waals surface area contributed by atoms with Crippen molar-refractivity contribution < 1.29 is 4.79 Å². The highest BCUT2D eigenvalue weighted by Crippen LogP contribution is 2.29. The molecule has 94 valence electrons. The third-order valence-corrected chi connectivity index (χ3v) is 4.17. The van der Waals surface area contributed by atoms with Gasteiger partial charge in [0.05, 0.1) is 0 Å². The first-order valence-corrected chi connectivity index (χ1v) is 7.52. The zero-order chi connectivity index (χ0) is 12.2. The molecule has 0 aromatic rings. The van der Waals surface area contributed by atoms with Crippen LogP contribution in [0.25, 0.3) is 0 Å². The Hall–Kier alpha value is -0.0500. The minimum atomic E-state index is -0.204. The summed E-state index contributed by atoms with van der Waals surface area (Å²) in [5, 5.41) is 0.884. The molecule has 1 fully saturated rings. The highest BCUT2D eigenvalue weighted by atomic mass is 79.9. The maximum Gasteiger partial charge on any atom is 0.228 e. The molecule has 2 nitrogen and oxygen atoms in total. The van der Waals surface area contributed by atoms with Gasteiger partial charge in [-0.15, -0.1) is 0 Å². The lowest BCUT2D eigenvalue weighted by Gasteiger charge is -2.35. The number of rotatable bonds is 5. The van der Waals surface area contributed by atoms with Gasteiger partial charge in [-0.3, -0.25) is 4.79 Å². The number of hydrogen-bond acceptors (Lipinski definition) is 1. The standard InChI is InChI=1S/C13H24BrNO/c1-4-13(2,3)12(16)15(10-9-14)11-7-5-6-8-11/h11H,4-10H2,1-3H3. The molecule has 1 aliphatic rings. The summed E-state index contributed by atoms with van der Waals surface area (Å²) in [6, 6.07) is 0.496. The third-order valence-electron chi connectivity index (χ3n) is 3.81. The number of carbonyl (C=O) groups excluding carboxylic acids is 1. The zero-order valence-corrected chi connectivity index (χ0v) is 12.3. The second-order valence-corrected chi connectivity index (χ2v) is 6.16. The normalized spacial score (nSPS) is 17.8. The van der Waals surface area contributed by atoms with Crippen molar-refractivity contribution in [1.29, 1.82) is 0 Å². The molecule has 16 heavy (non-hydrogen) atoms. The molecule has 0 unspecified atom stereocenters. The van der Waals surface area contributed by atoms with E-state index < -0.39 is 0 Å². The Balaban J connectivity index is 2.72. The lowest BCUT2D eigenvalue weighted by Crippen LogP contribution is -2.46. The van der Waals surface area contributed by atoms with Crippen molar-refractivity contribution in [1.82, 2.24) is 4.90 Å². The van der Waals surface area contributed by atoms with Gasteiger partial charge in [0, 0.05) is 23.3 Å². The smallest absolute Gasteiger partial charge is 0.228 e. The molecule has 0 bridgehead atoms. The monoisotopic (exact) mass is 289 g/mol. The molecule has 0 spiro atoms. The van der Waals surface area contributed by atoms with Gasteiger partial charge in [0.25, 0.3) is 0 Å². The molecule has 0 N–H and O–H groups in total. The van der Waals surface area contributed by atoms with Crippen molar-refractivity contribution in [2.24, 2.45) is 5.41 Å². The van der Waals surface area contributed by atoms with E-state index in [1.165, 1.54) is 25.7 Å². The first-order chi connectivity index (χ1) is 7.53. The van der Waals surface area contributed by atoms with Gasteiger partial charge in [0.1, 0.15) is 0 Å². The van der Waals surface area contributed by atoms with Crippen molar-refractivity contribution in [2.45, 2.75) is 58.9 Å². The van der Waals surface area contributed by atoms with Gasteiger partial charge in [0.2, 0.25) is 5.91 Å². The van der Waals surface area contributed by atoms with E-state index in [-0.39, 0.29) is 5.41 Å². The quantitative estimate of drug-likeness (QED) is 0.709. The minimum Gasteiger partial charge on any atom is -0.338 e. The van der Waals surface area contributed by atoms with Crippen molar-refractivity contribution in [3.05, 3.63) is 0 Å². The van der Waals surface area contributed by atoms with E-state index in [4.69, 9.17) is 0 Å². The molecule has 1 saturated carbocycles. The number of halogens is 1. The third kappa shape index (κ3) is 3.22. The summed E-state index contributed by atoms with van der Waals surface area (Å²) in [5.74, 6) is 0.335. The van der Waals surface area contributed by atoms with Crippen LogP contribution in [-0.4, -0.2) is 28.7 Å². The maximum absolute atomic E-state index is 12.5. The Morgan fingerprint density at radius 1 is 1.38 bits per heavy atom. The Labute approximate surface area is 108 Å². The number of carbonyl (C=O) groups is 1. The van der Waals surface area contributed by atoms with Crippen molar-refractivity contribution in [3.63, 3.8) is 0 Å². The SMILES string of the molecule is CCC(C)(C)C(=O)N(CCBr)C1CCCC1. The summed E-state index contributed by atoms with van der Waals surface area (Å²) in [6.07, 6.45) is 5.86. The summed E-state index contributed by atoms with van der Waals surface area (Å²) in [7, 11) is 0. The largest absolute Gasteiger partial charge is 0.338 e. The first-order valence-electron chi connectivity index (χ1n) is 6.40. The molecule has 1 aliphatic carbocycles. The Kier molecular flexibility index (Phi) is 5.29. The molecule has 0 aromatic carbocycles. The van der Waals surface area contributed by atoms with E-state index in [0.717, 1.165) is 18.3 Å². The van der Waals surface area contributed by atoms with E-state index >= 15 is 0 Å². The minimum absolute atomic E-state index is 0.204. The van der Waals surface area contributed by atoms with E-state index in [2.05, 4.69) is 41.6 Å². The van der Waals surface area contributed by atoms with Gasteiger partial charge in [-0.2, -0.15) is 0 Å². The fraction of sp³-hybridized carbons (Fsp3) is 0.923. The Morgan fingerprint density at radius 3 is 2.38 bits per heavy atom. The molecule has 0 saturated heterocycles. The van der Waals surface area contributed by atoms with Crippen molar-refractivity contribution in [2.75, 3.05) is 11.9 Å². The van der Waals surface area contributed by atoms with E-state index in [9.17, 15) is 4.79 Å². The molecule has 0 radical (unpaired) electrons. The molecule has 0 aromatic heterocycles. The zero-order valence-electron chi connectivity index (χ0n) is 10.8. The summed E-state index contributed by atoms with van der Waals surface area (Å²) >= 11 is 3.46. The Morgan fingerprint density at radius 2 is 1.94 bits per heavy atom. The number of nitrogens with zero attached hydrogens (tertiary/aromatic N) is 1.